The summed E-state index contributed by atoms with van der Waals surface area (Å²) in [7, 11) is 2.18. The number of hydrogen-bond donors (Lipinski definition) is 2. The van der Waals surface area contributed by atoms with Crippen molar-refractivity contribution in [3.8, 4) is 0 Å². The maximum absolute atomic E-state index is 4.65. The quantitative estimate of drug-likeness (QED) is 0.872. The molecule has 2 aromatic heterocycles. The van der Waals surface area contributed by atoms with Gasteiger partial charge in [-0.1, -0.05) is 26.8 Å². The van der Waals surface area contributed by atoms with Crippen molar-refractivity contribution in [2.75, 3.05) is 38.1 Å². The highest BCUT2D eigenvalue weighted by Crippen LogP contribution is 2.23. The number of H-pyrrole nitrogens is 1. The van der Waals surface area contributed by atoms with Crippen LogP contribution in [0.3, 0.4) is 0 Å². The van der Waals surface area contributed by atoms with E-state index < -0.39 is 0 Å². The number of aromatic amines is 1. The number of nitrogens with one attached hydrogen (secondary N) is 2. The van der Waals surface area contributed by atoms with Crippen LogP contribution < -0.4 is 10.2 Å². The Bertz CT molecular complexity index is 679. The molecule has 0 unspecified atom stereocenters. The summed E-state index contributed by atoms with van der Waals surface area (Å²) in [5.74, 6) is 1.12. The Balaban J connectivity index is 1.64. The van der Waals surface area contributed by atoms with Crippen LogP contribution in [0.1, 0.15) is 37.6 Å². The molecule has 2 N–H and O–H groups in total. The standard InChI is InChI=1S/C19H30N6/c1-19(2,3)17-16(14-22-23-17)13-20-12-15-6-5-7-21-18(15)25-10-8-24(4)9-11-25/h5-7,14,20H,8-13H2,1-4H3,(H,22,23). The number of hydrogen-bond acceptors (Lipinski definition) is 5. The lowest BCUT2D eigenvalue weighted by atomic mass is 9.89. The molecule has 3 rings (SSSR count). The monoisotopic (exact) mass is 342 g/mol. The van der Waals surface area contributed by atoms with Gasteiger partial charge in [0, 0.05) is 67.7 Å². The van der Waals surface area contributed by atoms with Crippen LogP contribution in [0.5, 0.6) is 0 Å². The van der Waals surface area contributed by atoms with Gasteiger partial charge in [-0.3, -0.25) is 5.10 Å². The summed E-state index contributed by atoms with van der Waals surface area (Å²) >= 11 is 0. The number of aromatic nitrogens is 3. The second kappa shape index (κ2) is 7.54. The Labute approximate surface area is 150 Å². The Hall–Kier alpha value is -1.92. The predicted molar refractivity (Wildman–Crippen MR) is 102 cm³/mol. The highest BCUT2D eigenvalue weighted by Gasteiger charge is 2.20. The predicted octanol–water partition coefficient (Wildman–Crippen LogP) is 2.14. The van der Waals surface area contributed by atoms with E-state index in [1.165, 1.54) is 16.8 Å². The van der Waals surface area contributed by atoms with Gasteiger partial charge in [-0.25, -0.2) is 4.98 Å². The highest BCUT2D eigenvalue weighted by atomic mass is 15.3. The molecule has 0 spiro atoms. The van der Waals surface area contributed by atoms with E-state index in [1.54, 1.807) is 0 Å². The third kappa shape index (κ3) is 4.38. The van der Waals surface area contributed by atoms with Crippen LogP contribution >= 0.6 is 0 Å². The van der Waals surface area contributed by atoms with E-state index in [0.29, 0.717) is 0 Å². The van der Waals surface area contributed by atoms with Gasteiger partial charge in [-0.2, -0.15) is 5.10 Å². The van der Waals surface area contributed by atoms with E-state index in [9.17, 15) is 0 Å². The lowest BCUT2D eigenvalue weighted by Crippen LogP contribution is -2.45. The number of likely N-dealkylation sites (N-methyl/N-ethyl adjacent to an activating group) is 1. The minimum Gasteiger partial charge on any atom is -0.354 e. The third-order valence-electron chi connectivity index (χ3n) is 4.77. The molecule has 1 saturated heterocycles. The fourth-order valence-electron chi connectivity index (χ4n) is 3.30. The van der Waals surface area contributed by atoms with Gasteiger partial charge < -0.3 is 15.1 Å². The van der Waals surface area contributed by atoms with Gasteiger partial charge in [0.25, 0.3) is 0 Å². The van der Waals surface area contributed by atoms with Gasteiger partial charge in [0.15, 0.2) is 0 Å². The molecule has 6 nitrogen and oxygen atoms in total. The Morgan fingerprint density at radius 1 is 1.12 bits per heavy atom. The molecule has 0 radical (unpaired) electrons. The molecule has 2 aromatic rings. The van der Waals surface area contributed by atoms with Crippen molar-refractivity contribution in [3.05, 3.63) is 41.3 Å². The van der Waals surface area contributed by atoms with Crippen LogP contribution in [0.15, 0.2) is 24.5 Å². The summed E-state index contributed by atoms with van der Waals surface area (Å²) in [6, 6.07) is 4.20. The average Bonchev–Trinajstić information content (AvgIpc) is 3.05. The number of anilines is 1. The fraction of sp³-hybridized carbons (Fsp3) is 0.579. The van der Waals surface area contributed by atoms with Gasteiger partial charge in [0.1, 0.15) is 5.82 Å². The maximum atomic E-state index is 4.65. The molecule has 25 heavy (non-hydrogen) atoms. The molecule has 0 amide bonds. The number of pyridine rings is 1. The summed E-state index contributed by atoms with van der Waals surface area (Å²) in [6.45, 7) is 12.5. The van der Waals surface area contributed by atoms with E-state index >= 15 is 0 Å². The minimum absolute atomic E-state index is 0.0762. The van der Waals surface area contributed by atoms with Gasteiger partial charge in [-0.05, 0) is 13.1 Å². The van der Waals surface area contributed by atoms with Gasteiger partial charge in [0.2, 0.25) is 0 Å². The summed E-state index contributed by atoms with van der Waals surface area (Å²) in [4.78, 5) is 9.41. The van der Waals surface area contributed by atoms with Crippen molar-refractivity contribution >= 4 is 5.82 Å². The summed E-state index contributed by atoms with van der Waals surface area (Å²) in [5, 5.41) is 10.9. The largest absolute Gasteiger partial charge is 0.354 e. The zero-order valence-electron chi connectivity index (χ0n) is 15.8. The van der Waals surface area contributed by atoms with E-state index in [0.717, 1.165) is 45.1 Å². The highest BCUT2D eigenvalue weighted by molar-refractivity contribution is 5.47. The van der Waals surface area contributed by atoms with Gasteiger partial charge in [0.05, 0.1) is 6.20 Å². The summed E-state index contributed by atoms with van der Waals surface area (Å²) in [5.41, 5.74) is 3.77. The van der Waals surface area contributed by atoms with E-state index in [1.807, 2.05) is 18.5 Å². The van der Waals surface area contributed by atoms with E-state index in [-0.39, 0.29) is 5.41 Å². The first-order valence-electron chi connectivity index (χ1n) is 9.06. The number of piperazine rings is 1. The molecule has 0 bridgehead atoms. The first kappa shape index (κ1) is 17.9. The summed E-state index contributed by atoms with van der Waals surface area (Å²) in [6.07, 6.45) is 3.82. The van der Waals surface area contributed by atoms with Crippen LogP contribution in [0.2, 0.25) is 0 Å². The Morgan fingerprint density at radius 2 is 1.84 bits per heavy atom. The second-order valence-corrected chi connectivity index (χ2v) is 7.90. The molecular formula is C19H30N6. The molecule has 1 aliphatic rings. The van der Waals surface area contributed by atoms with Crippen LogP contribution in [-0.4, -0.2) is 53.3 Å². The van der Waals surface area contributed by atoms with E-state index in [2.05, 4.69) is 64.2 Å². The zero-order chi connectivity index (χ0) is 17.9. The average molecular weight is 342 g/mol. The molecule has 0 saturated carbocycles. The van der Waals surface area contributed by atoms with Gasteiger partial charge >= 0.3 is 0 Å². The van der Waals surface area contributed by atoms with Crippen LogP contribution in [0.25, 0.3) is 0 Å². The van der Waals surface area contributed by atoms with Crippen molar-refractivity contribution in [2.24, 2.45) is 0 Å². The Morgan fingerprint density at radius 3 is 2.56 bits per heavy atom. The number of nitrogens with zero attached hydrogens (tertiary/aromatic N) is 4. The fourth-order valence-corrected chi connectivity index (χ4v) is 3.30. The molecule has 0 aliphatic carbocycles. The molecule has 0 aromatic carbocycles. The second-order valence-electron chi connectivity index (χ2n) is 7.90. The molecule has 1 aliphatic heterocycles. The van der Waals surface area contributed by atoms with Crippen LogP contribution in [-0.2, 0) is 18.5 Å². The normalized spacial score (nSPS) is 16.4. The maximum Gasteiger partial charge on any atom is 0.133 e. The van der Waals surface area contributed by atoms with Gasteiger partial charge in [-0.15, -0.1) is 0 Å². The molecular weight excluding hydrogens is 312 g/mol. The van der Waals surface area contributed by atoms with Crippen molar-refractivity contribution in [1.82, 2.24) is 25.4 Å². The third-order valence-corrected chi connectivity index (χ3v) is 4.77. The molecule has 136 valence electrons. The smallest absolute Gasteiger partial charge is 0.133 e. The first-order chi connectivity index (χ1) is 11.9. The first-order valence-corrected chi connectivity index (χ1v) is 9.06. The number of rotatable bonds is 5. The SMILES string of the molecule is CN1CCN(c2ncccc2CNCc2cn[nH]c2C(C)(C)C)CC1. The molecule has 6 heteroatoms. The van der Waals surface area contributed by atoms with Crippen LogP contribution in [0.4, 0.5) is 5.82 Å². The van der Waals surface area contributed by atoms with Crippen molar-refractivity contribution in [3.63, 3.8) is 0 Å². The zero-order valence-corrected chi connectivity index (χ0v) is 15.8. The van der Waals surface area contributed by atoms with Crippen molar-refractivity contribution in [1.29, 1.82) is 0 Å². The lowest BCUT2D eigenvalue weighted by molar-refractivity contribution is 0.311. The Kier molecular flexibility index (Phi) is 5.39. The van der Waals surface area contributed by atoms with Crippen LogP contribution in [0, 0.1) is 0 Å². The molecule has 0 atom stereocenters. The molecule has 3 heterocycles. The topological polar surface area (TPSA) is 60.1 Å². The van der Waals surface area contributed by atoms with E-state index in [4.69, 9.17) is 0 Å². The molecule has 1 fully saturated rings. The lowest BCUT2D eigenvalue weighted by Gasteiger charge is -2.34. The minimum atomic E-state index is 0.0762. The summed E-state index contributed by atoms with van der Waals surface area (Å²) < 4.78 is 0. The van der Waals surface area contributed by atoms with Crippen molar-refractivity contribution in [2.45, 2.75) is 39.3 Å². The van der Waals surface area contributed by atoms with Crippen molar-refractivity contribution < 1.29 is 0 Å².